The van der Waals surface area contributed by atoms with Crippen LogP contribution in [0, 0.1) is 6.92 Å². The number of benzene rings is 1. The number of amidine groups is 1. The van der Waals surface area contributed by atoms with Gasteiger partial charge in [-0.1, -0.05) is 22.8 Å². The van der Waals surface area contributed by atoms with Crippen molar-refractivity contribution in [3.63, 3.8) is 0 Å². The van der Waals surface area contributed by atoms with Crippen LogP contribution < -0.4 is 10.5 Å². The van der Waals surface area contributed by atoms with Crippen molar-refractivity contribution in [2.24, 2.45) is 10.9 Å². The third-order valence-corrected chi connectivity index (χ3v) is 1.89. The van der Waals surface area contributed by atoms with Crippen molar-refractivity contribution in [1.82, 2.24) is 0 Å². The van der Waals surface area contributed by atoms with Crippen molar-refractivity contribution in [2.75, 3.05) is 6.61 Å². The topological polar surface area (TPSA) is 67.8 Å². The van der Waals surface area contributed by atoms with E-state index in [4.69, 9.17) is 27.3 Å². The SMILES string of the molecule is Cc1ccc(Cl)cc1OCC(N)=NO. The molecule has 3 N–H and O–H groups in total. The molecule has 1 rings (SSSR count). The maximum Gasteiger partial charge on any atom is 0.177 e. The van der Waals surface area contributed by atoms with Crippen molar-refractivity contribution in [1.29, 1.82) is 0 Å². The Balaban J connectivity index is 2.71. The molecule has 0 unspecified atom stereocenters. The number of rotatable bonds is 3. The fourth-order valence-electron chi connectivity index (χ4n) is 0.910. The molecule has 0 aliphatic heterocycles. The van der Waals surface area contributed by atoms with E-state index < -0.39 is 0 Å². The molecule has 1 aromatic carbocycles. The van der Waals surface area contributed by atoms with Crippen molar-refractivity contribution in [3.05, 3.63) is 28.8 Å². The zero-order valence-corrected chi connectivity index (χ0v) is 8.45. The largest absolute Gasteiger partial charge is 0.485 e. The molecule has 0 fully saturated rings. The Labute approximate surface area is 86.9 Å². The molecule has 76 valence electrons. The van der Waals surface area contributed by atoms with Gasteiger partial charge in [-0.05, 0) is 24.6 Å². The van der Waals surface area contributed by atoms with Crippen LogP contribution in [0.3, 0.4) is 0 Å². The van der Waals surface area contributed by atoms with Crippen LogP contribution >= 0.6 is 11.6 Å². The normalized spacial score (nSPS) is 11.4. The molecule has 0 heterocycles. The first-order valence-corrected chi connectivity index (χ1v) is 4.36. The average molecular weight is 215 g/mol. The van der Waals surface area contributed by atoms with E-state index in [1.807, 2.05) is 13.0 Å². The maximum atomic E-state index is 8.29. The van der Waals surface area contributed by atoms with Gasteiger partial charge in [0.25, 0.3) is 0 Å². The predicted molar refractivity (Wildman–Crippen MR) is 55.1 cm³/mol. The van der Waals surface area contributed by atoms with Crippen molar-refractivity contribution in [2.45, 2.75) is 6.92 Å². The van der Waals surface area contributed by atoms with Gasteiger partial charge in [0.2, 0.25) is 0 Å². The zero-order valence-electron chi connectivity index (χ0n) is 7.70. The third kappa shape index (κ3) is 2.81. The lowest BCUT2D eigenvalue weighted by Crippen LogP contribution is -2.21. The van der Waals surface area contributed by atoms with Gasteiger partial charge in [0, 0.05) is 5.02 Å². The summed E-state index contributed by atoms with van der Waals surface area (Å²) in [5, 5.41) is 11.7. The van der Waals surface area contributed by atoms with Crippen LogP contribution in [0.4, 0.5) is 0 Å². The van der Waals surface area contributed by atoms with Gasteiger partial charge in [-0.25, -0.2) is 0 Å². The van der Waals surface area contributed by atoms with E-state index in [1.54, 1.807) is 12.1 Å². The summed E-state index contributed by atoms with van der Waals surface area (Å²) in [6, 6.07) is 5.29. The fraction of sp³-hybridized carbons (Fsp3) is 0.222. The molecule has 0 amide bonds. The fourth-order valence-corrected chi connectivity index (χ4v) is 1.07. The Morgan fingerprint density at radius 3 is 3.00 bits per heavy atom. The molecule has 14 heavy (non-hydrogen) atoms. The van der Waals surface area contributed by atoms with Crippen LogP contribution in [-0.2, 0) is 0 Å². The first-order valence-electron chi connectivity index (χ1n) is 3.99. The van der Waals surface area contributed by atoms with Gasteiger partial charge in [-0.2, -0.15) is 0 Å². The van der Waals surface area contributed by atoms with Gasteiger partial charge in [-0.15, -0.1) is 0 Å². The summed E-state index contributed by atoms with van der Waals surface area (Å²) in [6.45, 7) is 1.93. The van der Waals surface area contributed by atoms with E-state index >= 15 is 0 Å². The molecule has 0 aromatic heterocycles. The van der Waals surface area contributed by atoms with Crippen molar-refractivity contribution < 1.29 is 9.94 Å². The number of hydrogen-bond acceptors (Lipinski definition) is 3. The smallest absolute Gasteiger partial charge is 0.177 e. The number of hydrogen-bond donors (Lipinski definition) is 2. The highest BCUT2D eigenvalue weighted by molar-refractivity contribution is 6.30. The van der Waals surface area contributed by atoms with Gasteiger partial charge in [0.15, 0.2) is 5.84 Å². The molecular formula is C9H11ClN2O2. The van der Waals surface area contributed by atoms with Crippen molar-refractivity contribution >= 4 is 17.4 Å². The summed E-state index contributed by atoms with van der Waals surface area (Å²) in [5.74, 6) is 0.647. The third-order valence-electron chi connectivity index (χ3n) is 1.65. The summed E-state index contributed by atoms with van der Waals surface area (Å²) >= 11 is 5.78. The molecule has 0 aliphatic carbocycles. The van der Waals surface area contributed by atoms with Crippen LogP contribution in [0.25, 0.3) is 0 Å². The number of ether oxygens (including phenoxy) is 1. The minimum Gasteiger partial charge on any atom is -0.485 e. The highest BCUT2D eigenvalue weighted by Gasteiger charge is 2.01. The summed E-state index contributed by atoms with van der Waals surface area (Å²) < 4.78 is 5.27. The Kier molecular flexibility index (Phi) is 3.59. The Hall–Kier alpha value is -1.42. The predicted octanol–water partition coefficient (Wildman–Crippen LogP) is 1.77. The van der Waals surface area contributed by atoms with Crippen molar-refractivity contribution in [3.8, 4) is 5.75 Å². The van der Waals surface area contributed by atoms with Gasteiger partial charge in [0.05, 0.1) is 0 Å². The lowest BCUT2D eigenvalue weighted by molar-refractivity contribution is 0.306. The summed E-state index contributed by atoms with van der Waals surface area (Å²) in [4.78, 5) is 0. The number of aryl methyl sites for hydroxylation is 1. The van der Waals surface area contributed by atoms with E-state index in [0.717, 1.165) is 5.56 Å². The van der Waals surface area contributed by atoms with Crippen LogP contribution in [-0.4, -0.2) is 17.6 Å². The first-order chi connectivity index (χ1) is 6.63. The number of halogens is 1. The van der Waals surface area contributed by atoms with E-state index in [2.05, 4.69) is 5.16 Å². The summed E-state index contributed by atoms with van der Waals surface area (Å²) in [5.41, 5.74) is 6.20. The Morgan fingerprint density at radius 1 is 1.64 bits per heavy atom. The second kappa shape index (κ2) is 4.72. The van der Waals surface area contributed by atoms with E-state index in [9.17, 15) is 0 Å². The number of nitrogens with zero attached hydrogens (tertiary/aromatic N) is 1. The van der Waals surface area contributed by atoms with Crippen LogP contribution in [0.5, 0.6) is 5.75 Å². The van der Waals surface area contributed by atoms with E-state index in [-0.39, 0.29) is 12.4 Å². The van der Waals surface area contributed by atoms with E-state index in [1.165, 1.54) is 0 Å². The monoisotopic (exact) mass is 214 g/mol. The lowest BCUT2D eigenvalue weighted by Gasteiger charge is -2.07. The van der Waals surface area contributed by atoms with Crippen LogP contribution in [0.2, 0.25) is 5.02 Å². The molecule has 0 saturated carbocycles. The molecule has 0 saturated heterocycles. The number of oxime groups is 1. The molecule has 0 bridgehead atoms. The van der Waals surface area contributed by atoms with Gasteiger partial charge in [-0.3, -0.25) is 0 Å². The zero-order chi connectivity index (χ0) is 10.6. The van der Waals surface area contributed by atoms with Gasteiger partial charge >= 0.3 is 0 Å². The second-order valence-corrected chi connectivity index (χ2v) is 3.23. The average Bonchev–Trinajstić information content (AvgIpc) is 2.19. The molecule has 0 atom stereocenters. The van der Waals surface area contributed by atoms with E-state index in [0.29, 0.717) is 10.8 Å². The van der Waals surface area contributed by atoms with Crippen LogP contribution in [0.15, 0.2) is 23.4 Å². The maximum absolute atomic E-state index is 8.29. The Morgan fingerprint density at radius 2 is 2.36 bits per heavy atom. The molecule has 0 spiro atoms. The molecular weight excluding hydrogens is 204 g/mol. The highest BCUT2D eigenvalue weighted by Crippen LogP contribution is 2.22. The Bertz CT molecular complexity index is 353. The second-order valence-electron chi connectivity index (χ2n) is 2.79. The summed E-state index contributed by atoms with van der Waals surface area (Å²) in [7, 11) is 0. The standard InChI is InChI=1S/C9H11ClN2O2/c1-6-2-3-7(10)4-8(6)14-5-9(11)12-13/h2-4,13H,5H2,1H3,(H2,11,12). The minimum absolute atomic E-state index is 0.0179. The lowest BCUT2D eigenvalue weighted by atomic mass is 10.2. The quantitative estimate of drug-likeness (QED) is 0.349. The van der Waals surface area contributed by atoms with Gasteiger partial charge < -0.3 is 15.7 Å². The molecule has 4 nitrogen and oxygen atoms in total. The van der Waals surface area contributed by atoms with Gasteiger partial charge in [0.1, 0.15) is 12.4 Å². The summed E-state index contributed by atoms with van der Waals surface area (Å²) in [6.07, 6.45) is 0. The molecule has 0 radical (unpaired) electrons. The molecule has 1 aromatic rings. The number of nitrogens with two attached hydrogens (primary N) is 1. The highest BCUT2D eigenvalue weighted by atomic mass is 35.5. The first kappa shape index (κ1) is 10.7. The minimum atomic E-state index is 0.0179. The van der Waals surface area contributed by atoms with Crippen LogP contribution in [0.1, 0.15) is 5.56 Å². The molecule has 0 aliphatic rings. The molecule has 5 heteroatoms.